The number of aromatic nitrogens is 3. The van der Waals surface area contributed by atoms with E-state index in [9.17, 15) is 0 Å². The van der Waals surface area contributed by atoms with Crippen LogP contribution >= 0.6 is 0 Å². The number of rotatable bonds is 3. The van der Waals surface area contributed by atoms with Crippen LogP contribution in [0.5, 0.6) is 0 Å². The molecular weight excluding hydrogens is 510 g/mol. The van der Waals surface area contributed by atoms with Gasteiger partial charge in [-0.2, -0.15) is 0 Å². The van der Waals surface area contributed by atoms with Crippen LogP contribution < -0.4 is 0 Å². The van der Waals surface area contributed by atoms with Crippen LogP contribution in [0, 0.1) is 0 Å². The van der Waals surface area contributed by atoms with Gasteiger partial charge in [0.25, 0.3) is 0 Å². The summed E-state index contributed by atoms with van der Waals surface area (Å²) in [6, 6.07) is 52.0. The molecule has 7 aromatic carbocycles. The second kappa shape index (κ2) is 8.92. The van der Waals surface area contributed by atoms with E-state index in [1.165, 1.54) is 60.2 Å². The number of aromatic amines is 1. The maximum absolute atomic E-state index is 5.11. The highest BCUT2D eigenvalue weighted by atomic mass is 15.0. The number of nitrogens with one attached hydrogen (secondary N) is 1. The van der Waals surface area contributed by atoms with Crippen molar-refractivity contribution < 1.29 is 0 Å². The first kappa shape index (κ1) is 23.1. The van der Waals surface area contributed by atoms with Crippen LogP contribution in [0.2, 0.25) is 0 Å². The third-order valence-electron chi connectivity index (χ3n) is 8.55. The number of benzene rings is 7. The molecular formula is C39H25N3. The predicted molar refractivity (Wildman–Crippen MR) is 176 cm³/mol. The number of hydrogen-bond donors (Lipinski definition) is 1. The molecule has 3 heteroatoms. The summed E-state index contributed by atoms with van der Waals surface area (Å²) in [5.74, 6) is 0.888. The number of nitrogens with zero attached hydrogens (tertiary/aromatic N) is 2. The van der Waals surface area contributed by atoms with E-state index in [0.717, 1.165) is 22.4 Å². The van der Waals surface area contributed by atoms with Crippen molar-refractivity contribution in [1.82, 2.24) is 14.5 Å². The Morgan fingerprint density at radius 1 is 0.429 bits per heavy atom. The van der Waals surface area contributed by atoms with Gasteiger partial charge in [0.2, 0.25) is 0 Å². The Hall–Kier alpha value is -5.67. The lowest BCUT2D eigenvalue weighted by molar-refractivity contribution is 1.18. The van der Waals surface area contributed by atoms with Gasteiger partial charge >= 0.3 is 0 Å². The summed E-state index contributed by atoms with van der Waals surface area (Å²) < 4.78 is 2.35. The summed E-state index contributed by atoms with van der Waals surface area (Å²) in [4.78, 5) is 8.77. The van der Waals surface area contributed by atoms with Crippen molar-refractivity contribution in [1.29, 1.82) is 0 Å². The molecule has 0 spiro atoms. The normalized spacial score (nSPS) is 11.8. The minimum atomic E-state index is 0.888. The maximum atomic E-state index is 5.11. The van der Waals surface area contributed by atoms with Gasteiger partial charge in [0.1, 0.15) is 5.82 Å². The maximum Gasteiger partial charge on any atom is 0.138 e. The summed E-state index contributed by atoms with van der Waals surface area (Å²) in [5, 5.41) is 7.37. The molecule has 2 aromatic heterocycles. The van der Waals surface area contributed by atoms with Gasteiger partial charge in [-0.1, -0.05) is 115 Å². The van der Waals surface area contributed by atoms with Crippen LogP contribution in [0.25, 0.3) is 82.6 Å². The first-order chi connectivity index (χ1) is 20.8. The lowest BCUT2D eigenvalue weighted by Gasteiger charge is -2.08. The first-order valence-corrected chi connectivity index (χ1v) is 14.3. The van der Waals surface area contributed by atoms with Crippen molar-refractivity contribution in [3.63, 3.8) is 0 Å². The molecule has 0 bridgehead atoms. The van der Waals surface area contributed by atoms with Gasteiger partial charge in [-0.25, -0.2) is 4.98 Å². The van der Waals surface area contributed by atoms with E-state index in [0.29, 0.717) is 0 Å². The fourth-order valence-electron chi connectivity index (χ4n) is 6.59. The zero-order valence-corrected chi connectivity index (χ0v) is 22.8. The van der Waals surface area contributed by atoms with Crippen molar-refractivity contribution >= 4 is 54.4 Å². The Labute approximate surface area is 242 Å². The molecule has 0 atom stereocenters. The summed E-state index contributed by atoms with van der Waals surface area (Å²) in [6.45, 7) is 0. The number of fused-ring (bicyclic) bond motifs is 9. The average molecular weight is 536 g/mol. The fraction of sp³-hybridized carbons (Fsp3) is 0. The SMILES string of the molecule is c1ccc(-n2c3ccccc3c3cc(-c4ccc(-c5nc6c7ccccc7c7ccccc7c6[nH]5)cc4)ccc32)cc1. The Morgan fingerprint density at radius 2 is 1.00 bits per heavy atom. The molecule has 0 radical (unpaired) electrons. The highest BCUT2D eigenvalue weighted by Gasteiger charge is 2.15. The first-order valence-electron chi connectivity index (χ1n) is 14.3. The van der Waals surface area contributed by atoms with Gasteiger partial charge in [-0.05, 0) is 52.2 Å². The topological polar surface area (TPSA) is 33.6 Å². The number of H-pyrrole nitrogens is 1. The summed E-state index contributed by atoms with van der Waals surface area (Å²) in [7, 11) is 0. The highest BCUT2D eigenvalue weighted by Crippen LogP contribution is 2.37. The quantitative estimate of drug-likeness (QED) is 0.224. The third kappa shape index (κ3) is 3.37. The fourth-order valence-corrected chi connectivity index (χ4v) is 6.59. The van der Waals surface area contributed by atoms with Crippen LogP contribution in [0.4, 0.5) is 0 Å². The van der Waals surface area contributed by atoms with E-state index < -0.39 is 0 Å². The Balaban J connectivity index is 1.16. The average Bonchev–Trinajstić information content (AvgIpc) is 3.66. The van der Waals surface area contributed by atoms with Gasteiger partial charge < -0.3 is 9.55 Å². The smallest absolute Gasteiger partial charge is 0.138 e. The molecule has 0 unspecified atom stereocenters. The molecule has 0 amide bonds. The van der Waals surface area contributed by atoms with Crippen molar-refractivity contribution in [2.24, 2.45) is 0 Å². The van der Waals surface area contributed by atoms with E-state index in [2.05, 4.69) is 155 Å². The van der Waals surface area contributed by atoms with E-state index >= 15 is 0 Å². The molecule has 9 aromatic rings. The minimum Gasteiger partial charge on any atom is -0.337 e. The molecule has 9 rings (SSSR count). The largest absolute Gasteiger partial charge is 0.337 e. The van der Waals surface area contributed by atoms with Gasteiger partial charge in [-0.15, -0.1) is 0 Å². The van der Waals surface area contributed by atoms with Crippen LogP contribution in [0.1, 0.15) is 0 Å². The summed E-state index contributed by atoms with van der Waals surface area (Å²) in [6.07, 6.45) is 0. The Bertz CT molecular complexity index is 2370. The summed E-state index contributed by atoms with van der Waals surface area (Å²) in [5.41, 5.74) is 9.17. The molecule has 42 heavy (non-hydrogen) atoms. The predicted octanol–water partition coefficient (Wildman–Crippen LogP) is 10.3. The molecule has 2 heterocycles. The monoisotopic (exact) mass is 535 g/mol. The number of hydrogen-bond acceptors (Lipinski definition) is 1. The van der Waals surface area contributed by atoms with Crippen LogP contribution in [-0.2, 0) is 0 Å². The van der Waals surface area contributed by atoms with Crippen molar-refractivity contribution in [3.8, 4) is 28.2 Å². The van der Waals surface area contributed by atoms with Crippen molar-refractivity contribution in [2.75, 3.05) is 0 Å². The van der Waals surface area contributed by atoms with Gasteiger partial charge in [-0.3, -0.25) is 0 Å². The van der Waals surface area contributed by atoms with Gasteiger partial charge in [0.15, 0.2) is 0 Å². The van der Waals surface area contributed by atoms with Crippen LogP contribution in [-0.4, -0.2) is 14.5 Å². The zero-order valence-electron chi connectivity index (χ0n) is 22.8. The third-order valence-corrected chi connectivity index (χ3v) is 8.55. The van der Waals surface area contributed by atoms with Crippen molar-refractivity contribution in [2.45, 2.75) is 0 Å². The summed E-state index contributed by atoms with van der Waals surface area (Å²) >= 11 is 0. The molecule has 0 aliphatic rings. The zero-order chi connectivity index (χ0) is 27.6. The molecule has 0 aliphatic heterocycles. The molecule has 0 fully saturated rings. The van der Waals surface area contributed by atoms with E-state index in [-0.39, 0.29) is 0 Å². The van der Waals surface area contributed by atoms with Gasteiger partial charge in [0.05, 0.1) is 22.1 Å². The molecule has 0 saturated heterocycles. The highest BCUT2D eigenvalue weighted by molar-refractivity contribution is 6.23. The van der Waals surface area contributed by atoms with Crippen LogP contribution in [0.15, 0.2) is 146 Å². The van der Waals surface area contributed by atoms with E-state index in [4.69, 9.17) is 4.98 Å². The number of para-hydroxylation sites is 2. The lowest BCUT2D eigenvalue weighted by Crippen LogP contribution is -1.92. The van der Waals surface area contributed by atoms with Crippen molar-refractivity contribution in [3.05, 3.63) is 146 Å². The molecule has 3 nitrogen and oxygen atoms in total. The lowest BCUT2D eigenvalue weighted by atomic mass is 10.0. The minimum absolute atomic E-state index is 0.888. The molecule has 196 valence electrons. The molecule has 1 N–H and O–H groups in total. The molecule has 0 saturated carbocycles. The van der Waals surface area contributed by atoms with Gasteiger partial charge in [0, 0.05) is 32.8 Å². The Morgan fingerprint density at radius 3 is 1.79 bits per heavy atom. The number of imidazole rings is 1. The van der Waals surface area contributed by atoms with Crippen LogP contribution in [0.3, 0.4) is 0 Å². The second-order valence-corrected chi connectivity index (χ2v) is 10.9. The molecule has 0 aliphatic carbocycles. The van der Waals surface area contributed by atoms with E-state index in [1.54, 1.807) is 0 Å². The standard InChI is InChI=1S/C39H25N3/c1-2-10-28(11-3-1)42-35-17-9-8-14-31(35)34-24-27(22-23-36(34)42)25-18-20-26(21-19-25)39-40-37-32-15-6-4-12-29(32)30-13-5-7-16-33(30)38(37)41-39/h1-24H,(H,40,41). The van der Waals surface area contributed by atoms with E-state index in [1.807, 2.05) is 0 Å². The Kier molecular flexibility index (Phi) is 4.90. The second-order valence-electron chi connectivity index (χ2n) is 10.9.